The highest BCUT2D eigenvalue weighted by atomic mass is 32.2. The molecule has 9 atom stereocenters. The fraction of sp³-hybridized carbons (Fsp3) is 0.643. The van der Waals surface area contributed by atoms with E-state index in [1.807, 2.05) is 37.3 Å². The average molecular weight is 484 g/mol. The SMILES string of the molecule is C=C[C@]1(C)C[C@@H](OC(=O)CSc2cccc(N)c2)[C@]2(C)C(C)CC34C(=O)CCC3(C42)[C@@H](C)C1O. The van der Waals surface area contributed by atoms with E-state index >= 15 is 0 Å². The van der Waals surface area contributed by atoms with Gasteiger partial charge in [-0.3, -0.25) is 9.59 Å². The van der Waals surface area contributed by atoms with Gasteiger partial charge in [0, 0.05) is 33.2 Å². The predicted molar refractivity (Wildman–Crippen MR) is 134 cm³/mol. The third-order valence-corrected chi connectivity index (χ3v) is 11.5. The first-order valence-electron chi connectivity index (χ1n) is 12.5. The molecule has 4 fully saturated rings. The maximum absolute atomic E-state index is 13.3. The summed E-state index contributed by atoms with van der Waals surface area (Å²) in [4.78, 5) is 27.4. The molecule has 0 aliphatic heterocycles. The maximum Gasteiger partial charge on any atom is 0.316 e. The minimum atomic E-state index is -0.638. The van der Waals surface area contributed by atoms with Gasteiger partial charge in [-0.15, -0.1) is 18.3 Å². The van der Waals surface area contributed by atoms with Crippen molar-refractivity contribution >= 4 is 29.2 Å². The summed E-state index contributed by atoms with van der Waals surface area (Å²) < 4.78 is 6.29. The van der Waals surface area contributed by atoms with Crippen LogP contribution in [0.15, 0.2) is 41.8 Å². The summed E-state index contributed by atoms with van der Waals surface area (Å²) in [5, 5.41) is 11.6. The van der Waals surface area contributed by atoms with Crippen LogP contribution in [0.5, 0.6) is 0 Å². The number of carbonyl (C=O) groups excluding carboxylic acids is 2. The molecule has 4 aliphatic rings. The van der Waals surface area contributed by atoms with E-state index in [1.165, 1.54) is 11.8 Å². The van der Waals surface area contributed by atoms with Gasteiger partial charge >= 0.3 is 5.97 Å². The molecule has 0 heterocycles. The lowest BCUT2D eigenvalue weighted by atomic mass is 9.57. The molecule has 3 N–H and O–H groups in total. The van der Waals surface area contributed by atoms with Crippen molar-refractivity contribution in [2.45, 2.75) is 70.5 Å². The fourth-order valence-corrected chi connectivity index (χ4v) is 9.50. The van der Waals surface area contributed by atoms with Gasteiger partial charge in [-0.05, 0) is 60.6 Å². The highest BCUT2D eigenvalue weighted by molar-refractivity contribution is 8.00. The van der Waals surface area contributed by atoms with E-state index < -0.39 is 11.5 Å². The van der Waals surface area contributed by atoms with E-state index in [-0.39, 0.29) is 51.8 Å². The molecular formula is C28H37NO4S. The molecule has 6 heteroatoms. The monoisotopic (exact) mass is 483 g/mol. The largest absolute Gasteiger partial charge is 0.461 e. The number of esters is 1. The molecule has 0 saturated heterocycles. The third kappa shape index (κ3) is 2.84. The minimum absolute atomic E-state index is 0.00507. The Bertz CT molecular complexity index is 1060. The lowest BCUT2D eigenvalue weighted by Gasteiger charge is -2.51. The first kappa shape index (κ1) is 23.9. The van der Waals surface area contributed by atoms with Crippen molar-refractivity contribution in [1.29, 1.82) is 0 Å². The van der Waals surface area contributed by atoms with Crippen LogP contribution in [-0.4, -0.2) is 34.8 Å². The summed E-state index contributed by atoms with van der Waals surface area (Å²) in [6.45, 7) is 12.7. The van der Waals surface area contributed by atoms with Crippen molar-refractivity contribution in [2.24, 2.45) is 39.4 Å². The van der Waals surface area contributed by atoms with E-state index in [4.69, 9.17) is 10.5 Å². The summed E-state index contributed by atoms with van der Waals surface area (Å²) in [6, 6.07) is 7.48. The average Bonchev–Trinajstić information content (AvgIpc) is 3.17. The molecule has 2 spiro atoms. The normalized spacial score (nSPS) is 46.7. The number of ether oxygens (including phenoxy) is 1. The van der Waals surface area contributed by atoms with Crippen LogP contribution < -0.4 is 5.73 Å². The number of hydrogen-bond donors (Lipinski definition) is 2. The molecule has 4 saturated carbocycles. The zero-order chi connectivity index (χ0) is 24.7. The van der Waals surface area contributed by atoms with Gasteiger partial charge in [0.2, 0.25) is 0 Å². The first-order chi connectivity index (χ1) is 16.0. The molecule has 5 rings (SSSR count). The molecule has 1 aromatic rings. The quantitative estimate of drug-likeness (QED) is 0.269. The van der Waals surface area contributed by atoms with Crippen molar-refractivity contribution in [3.8, 4) is 0 Å². The molecule has 5 unspecified atom stereocenters. The summed E-state index contributed by atoms with van der Waals surface area (Å²) in [5.41, 5.74) is 5.05. The maximum atomic E-state index is 13.3. The number of thioether (sulfide) groups is 1. The molecule has 0 amide bonds. The zero-order valence-electron chi connectivity index (χ0n) is 20.7. The Balaban J connectivity index is 1.47. The fourth-order valence-electron chi connectivity index (χ4n) is 8.76. The summed E-state index contributed by atoms with van der Waals surface area (Å²) >= 11 is 1.41. The van der Waals surface area contributed by atoms with Gasteiger partial charge in [0.1, 0.15) is 11.9 Å². The molecule has 0 bridgehead atoms. The van der Waals surface area contributed by atoms with Crippen LogP contribution in [0.1, 0.15) is 53.4 Å². The highest BCUT2D eigenvalue weighted by Crippen LogP contribution is 2.91. The van der Waals surface area contributed by atoms with E-state index in [0.29, 0.717) is 24.3 Å². The number of aliphatic hydroxyl groups excluding tert-OH is 1. The highest BCUT2D eigenvalue weighted by Gasteiger charge is 2.92. The number of anilines is 1. The van der Waals surface area contributed by atoms with Gasteiger partial charge in [0.25, 0.3) is 0 Å². The zero-order valence-corrected chi connectivity index (χ0v) is 21.5. The lowest BCUT2D eigenvalue weighted by molar-refractivity contribution is -0.168. The number of aliphatic hydroxyl groups is 1. The van der Waals surface area contributed by atoms with Crippen LogP contribution >= 0.6 is 11.8 Å². The standard InChI is InChI=1S/C28H37NO4S/c1-6-25(4)14-21(33-22(31)15-34-19-9-7-8-18(29)12-19)26(5)16(2)13-28-20(30)10-11-27(28,24(26)28)17(3)23(25)32/h6-9,12,16-17,21,23-24,32H,1,10-11,13-15,29H2,2-5H3/t16?,17-,21+,23?,24?,25+,26-,27?,28?/m0/s1. The predicted octanol–water partition coefficient (Wildman–Crippen LogP) is 4.88. The Hall–Kier alpha value is -1.79. The third-order valence-electron chi connectivity index (χ3n) is 10.6. The molecule has 0 aromatic heterocycles. The lowest BCUT2D eigenvalue weighted by Crippen LogP contribution is -2.53. The minimum Gasteiger partial charge on any atom is -0.461 e. The molecule has 0 radical (unpaired) electrons. The second kappa shape index (κ2) is 7.60. The van der Waals surface area contributed by atoms with E-state index in [0.717, 1.165) is 17.7 Å². The second-order valence-corrected chi connectivity index (χ2v) is 12.9. The number of Topliss-reactive ketones (excluding diaryl/α,β-unsaturated/α-hetero) is 1. The van der Waals surface area contributed by atoms with Crippen LogP contribution in [0, 0.1) is 39.4 Å². The number of benzene rings is 1. The molecule has 1 aromatic carbocycles. The van der Waals surface area contributed by atoms with Gasteiger partial charge in [-0.25, -0.2) is 0 Å². The van der Waals surface area contributed by atoms with E-state index in [9.17, 15) is 14.7 Å². The smallest absolute Gasteiger partial charge is 0.316 e. The molecule has 184 valence electrons. The number of carbonyl (C=O) groups is 2. The number of hydrogen-bond acceptors (Lipinski definition) is 6. The summed E-state index contributed by atoms with van der Waals surface area (Å²) in [5.74, 6) is 0.679. The van der Waals surface area contributed by atoms with E-state index in [1.54, 1.807) is 0 Å². The Morgan fingerprint density at radius 3 is 2.74 bits per heavy atom. The van der Waals surface area contributed by atoms with Gasteiger partial charge in [0.15, 0.2) is 0 Å². The molecule has 4 aliphatic carbocycles. The van der Waals surface area contributed by atoms with Gasteiger partial charge in [-0.2, -0.15) is 0 Å². The first-order valence-corrected chi connectivity index (χ1v) is 13.5. The topological polar surface area (TPSA) is 89.6 Å². The Labute approximate surface area is 206 Å². The number of nitrogens with two attached hydrogens (primary N) is 1. The Morgan fingerprint density at radius 1 is 1.32 bits per heavy atom. The molecule has 5 nitrogen and oxygen atoms in total. The Kier molecular flexibility index (Phi) is 5.35. The van der Waals surface area contributed by atoms with Gasteiger partial charge < -0.3 is 15.6 Å². The van der Waals surface area contributed by atoms with Crippen LogP contribution in [0.4, 0.5) is 5.69 Å². The number of ketones is 1. The van der Waals surface area contributed by atoms with Crippen LogP contribution in [0.2, 0.25) is 0 Å². The Morgan fingerprint density at radius 2 is 2.06 bits per heavy atom. The van der Waals surface area contributed by atoms with Crippen molar-refractivity contribution < 1.29 is 19.4 Å². The second-order valence-electron chi connectivity index (χ2n) is 11.8. The van der Waals surface area contributed by atoms with Crippen molar-refractivity contribution in [1.82, 2.24) is 0 Å². The number of nitrogen functional groups attached to an aromatic ring is 1. The van der Waals surface area contributed by atoms with Crippen molar-refractivity contribution in [2.75, 3.05) is 11.5 Å². The van der Waals surface area contributed by atoms with Gasteiger partial charge in [-0.1, -0.05) is 39.8 Å². The van der Waals surface area contributed by atoms with Crippen LogP contribution in [0.3, 0.4) is 0 Å². The van der Waals surface area contributed by atoms with Crippen LogP contribution in [-0.2, 0) is 14.3 Å². The summed E-state index contributed by atoms with van der Waals surface area (Å²) in [6.07, 6.45) is 3.58. The number of rotatable bonds is 5. The van der Waals surface area contributed by atoms with Crippen molar-refractivity contribution in [3.05, 3.63) is 36.9 Å². The van der Waals surface area contributed by atoms with Crippen LogP contribution in [0.25, 0.3) is 0 Å². The molecule has 34 heavy (non-hydrogen) atoms. The van der Waals surface area contributed by atoms with E-state index in [2.05, 4.69) is 27.4 Å². The summed E-state index contributed by atoms with van der Waals surface area (Å²) in [7, 11) is 0. The molecular weight excluding hydrogens is 446 g/mol. The van der Waals surface area contributed by atoms with Gasteiger partial charge in [0.05, 0.1) is 11.9 Å². The van der Waals surface area contributed by atoms with Crippen molar-refractivity contribution in [3.63, 3.8) is 0 Å².